The Morgan fingerprint density at radius 2 is 1.02 bits per heavy atom. The Morgan fingerprint density at radius 3 is 1.52 bits per heavy atom. The third-order valence-electron chi connectivity index (χ3n) is 12.2. The Hall–Kier alpha value is -8.64. The smallest absolute Gasteiger partial charge is 0.429 e. The number of hydrazine groups is 1. The Balaban J connectivity index is 1.30. The van der Waals surface area contributed by atoms with Crippen molar-refractivity contribution in [3.63, 3.8) is 0 Å². The fraction of sp³-hybridized carbons (Fsp3) is 0.333. The van der Waals surface area contributed by atoms with E-state index >= 15 is 0 Å². The summed E-state index contributed by atoms with van der Waals surface area (Å²) in [4.78, 5) is 87.3. The number of nitrogens with zero attached hydrogens (tertiary/aromatic N) is 1. The predicted molar refractivity (Wildman–Crippen MR) is 309 cm³/mol. The van der Waals surface area contributed by atoms with Crippen molar-refractivity contribution in [1.82, 2.24) is 21.2 Å². The van der Waals surface area contributed by atoms with Crippen LogP contribution in [0.1, 0.15) is 80.3 Å². The quantitative estimate of drug-likeness (QED) is 0.0211. The SMILES string of the molecule is CCC[C@H](NC(=O)OC(C)(C)C)C(=O)N(NC(=O)OCc1ccccc1)OC(=O)CCc1cc(-c2ccc(OCc3ccccc3)c(C[C@H](NC(=O)OCc3ccccc3)C(=O)OCC[Si](C)(C)C)c2)ccc1OCc1ccccc1. The number of hydrogen-bond donors (Lipinski definition) is 3. The zero-order chi connectivity index (χ0) is 58.2. The fourth-order valence-corrected chi connectivity index (χ4v) is 8.70. The largest absolute Gasteiger partial charge is 0.489 e. The number of esters is 1. The van der Waals surface area contributed by atoms with Gasteiger partial charge in [-0.2, -0.15) is 5.43 Å². The molecule has 0 aliphatic heterocycles. The number of aryl methyl sites for hydroxylation is 1. The molecule has 6 rings (SSSR count). The monoisotopic (exact) mass is 1120 g/mol. The van der Waals surface area contributed by atoms with Crippen LogP contribution < -0.4 is 25.5 Å². The highest BCUT2D eigenvalue weighted by atomic mass is 28.3. The Labute approximate surface area is 475 Å². The molecule has 0 heterocycles. The van der Waals surface area contributed by atoms with Crippen molar-refractivity contribution in [2.24, 2.45) is 0 Å². The number of rotatable bonds is 25. The molecule has 0 unspecified atom stereocenters. The molecule has 2 atom stereocenters. The average molecular weight is 1120 g/mol. The van der Waals surface area contributed by atoms with Crippen molar-refractivity contribution in [2.75, 3.05) is 6.61 Å². The number of alkyl carbamates (subject to hydrolysis) is 2. The lowest BCUT2D eigenvalue weighted by molar-refractivity contribution is -0.210. The predicted octanol–water partition coefficient (Wildman–Crippen LogP) is 12.0. The lowest BCUT2D eigenvalue weighted by Gasteiger charge is -2.27. The van der Waals surface area contributed by atoms with Gasteiger partial charge in [0.25, 0.3) is 0 Å². The molecule has 17 nitrogen and oxygen atoms in total. The van der Waals surface area contributed by atoms with Crippen LogP contribution in [0.15, 0.2) is 158 Å². The van der Waals surface area contributed by atoms with Gasteiger partial charge in [0.05, 0.1) is 13.0 Å². The van der Waals surface area contributed by atoms with Crippen LogP contribution in [0, 0.1) is 0 Å². The van der Waals surface area contributed by atoms with E-state index in [9.17, 15) is 28.8 Å². The van der Waals surface area contributed by atoms with Gasteiger partial charge < -0.3 is 43.9 Å². The summed E-state index contributed by atoms with van der Waals surface area (Å²) in [5, 5.41) is 5.69. The first-order valence-corrected chi connectivity index (χ1v) is 30.8. The number of carbonyl (C=O) groups is 6. The van der Waals surface area contributed by atoms with Crippen molar-refractivity contribution in [1.29, 1.82) is 0 Å². The van der Waals surface area contributed by atoms with E-state index in [0.717, 1.165) is 22.7 Å². The van der Waals surface area contributed by atoms with Crippen LogP contribution >= 0.6 is 0 Å². The van der Waals surface area contributed by atoms with Gasteiger partial charge in [-0.3, -0.25) is 4.79 Å². The standard InChI is InChI=1S/C63H74N4O13Si/c1-8-21-53(64-61(72)79-63(2,3)4)58(69)67(66-62(73)78-44-48-28-19-12-20-29-48)80-57(68)35-32-51-38-49(30-33-55(51)75-41-45-22-13-9-14-23-45)50-31-34-56(76-42-46-24-15-10-16-25-46)52(39-50)40-54(59(70)74-36-37-81(5,6)7)65-60(71)77-43-47-26-17-11-18-27-47/h9-20,22-31,33-34,38-39,53-54H,8,21,32,35-37,40-44H2,1-7H3,(H,64,72)(H,65,71)(H,66,73)/t53-,54-/m0/s1. The second kappa shape index (κ2) is 30.6. The molecule has 6 aromatic carbocycles. The van der Waals surface area contributed by atoms with Crippen LogP contribution in [0.25, 0.3) is 11.1 Å². The molecule has 0 aliphatic rings. The normalized spacial score (nSPS) is 11.9. The minimum Gasteiger partial charge on any atom is -0.489 e. The highest BCUT2D eigenvalue weighted by molar-refractivity contribution is 6.76. The first-order valence-electron chi connectivity index (χ1n) is 27.1. The van der Waals surface area contributed by atoms with Gasteiger partial charge in [-0.1, -0.05) is 172 Å². The number of hydroxylamine groups is 1. The molecule has 0 saturated heterocycles. The van der Waals surface area contributed by atoms with Crippen LogP contribution in [0.3, 0.4) is 0 Å². The molecule has 18 heteroatoms. The topological polar surface area (TPSA) is 206 Å². The summed E-state index contributed by atoms with van der Waals surface area (Å²) in [7, 11) is -1.60. The van der Waals surface area contributed by atoms with Crippen molar-refractivity contribution in [3.8, 4) is 22.6 Å². The number of hydrogen-bond acceptors (Lipinski definition) is 13. The molecule has 0 aliphatic carbocycles. The van der Waals surface area contributed by atoms with Gasteiger partial charge in [0, 0.05) is 14.5 Å². The van der Waals surface area contributed by atoms with Gasteiger partial charge in [0.2, 0.25) is 0 Å². The molecule has 3 N–H and O–H groups in total. The maximum absolute atomic E-state index is 14.1. The van der Waals surface area contributed by atoms with E-state index in [1.54, 1.807) is 64.1 Å². The molecule has 0 aromatic heterocycles. The van der Waals surface area contributed by atoms with Gasteiger partial charge in [0.1, 0.15) is 55.6 Å². The number of benzene rings is 6. The number of nitrogens with one attached hydrogen (secondary N) is 3. The van der Waals surface area contributed by atoms with E-state index in [0.29, 0.717) is 50.9 Å². The molecule has 0 fully saturated rings. The third kappa shape index (κ3) is 21.8. The highest BCUT2D eigenvalue weighted by Crippen LogP contribution is 2.33. The fourth-order valence-electron chi connectivity index (χ4n) is 7.99. The second-order valence-corrected chi connectivity index (χ2v) is 27.0. The molecule has 0 spiro atoms. The Kier molecular flexibility index (Phi) is 23.3. The Bertz CT molecular complexity index is 2990. The van der Waals surface area contributed by atoms with Gasteiger partial charge in [0.15, 0.2) is 0 Å². The zero-order valence-corrected chi connectivity index (χ0v) is 48.2. The van der Waals surface area contributed by atoms with Crippen molar-refractivity contribution in [3.05, 3.63) is 191 Å². The maximum atomic E-state index is 14.1. The van der Waals surface area contributed by atoms with E-state index < -0.39 is 61.9 Å². The molecule has 0 saturated carbocycles. The summed E-state index contributed by atoms with van der Waals surface area (Å²) in [6.45, 7) is 13.8. The summed E-state index contributed by atoms with van der Waals surface area (Å²) in [5.41, 5.74) is 7.16. The van der Waals surface area contributed by atoms with E-state index in [2.05, 4.69) is 35.7 Å². The van der Waals surface area contributed by atoms with Gasteiger partial charge in [-0.25, -0.2) is 24.0 Å². The first kappa shape index (κ1) is 61.6. The lowest BCUT2D eigenvalue weighted by atomic mass is 9.96. The number of ether oxygens (including phenoxy) is 6. The summed E-state index contributed by atoms with van der Waals surface area (Å²) >= 11 is 0. The van der Waals surface area contributed by atoms with Crippen LogP contribution in [0.2, 0.25) is 25.7 Å². The summed E-state index contributed by atoms with van der Waals surface area (Å²) in [6, 6.07) is 46.6. The average Bonchev–Trinajstić information content (AvgIpc) is 3.47. The van der Waals surface area contributed by atoms with E-state index in [4.69, 9.17) is 33.3 Å². The lowest BCUT2D eigenvalue weighted by Crippen LogP contribution is -2.55. The van der Waals surface area contributed by atoms with Crippen molar-refractivity contribution < 1.29 is 62.0 Å². The van der Waals surface area contributed by atoms with E-state index in [1.165, 1.54) is 0 Å². The first-order chi connectivity index (χ1) is 38.8. The van der Waals surface area contributed by atoms with Crippen LogP contribution in [-0.2, 0) is 77.4 Å². The minimum atomic E-state index is -1.60. The van der Waals surface area contributed by atoms with Crippen LogP contribution in [-0.4, -0.2) is 73.7 Å². The summed E-state index contributed by atoms with van der Waals surface area (Å²) < 4.78 is 35.0. The highest BCUT2D eigenvalue weighted by Gasteiger charge is 2.32. The van der Waals surface area contributed by atoms with Crippen molar-refractivity contribution >= 4 is 44.2 Å². The van der Waals surface area contributed by atoms with Crippen LogP contribution in [0.5, 0.6) is 11.5 Å². The molecular weight excluding hydrogens is 1050 g/mol. The second-order valence-electron chi connectivity index (χ2n) is 21.4. The molecule has 0 bridgehead atoms. The van der Waals surface area contributed by atoms with E-state index in [-0.39, 0.29) is 58.7 Å². The molecule has 81 heavy (non-hydrogen) atoms. The van der Waals surface area contributed by atoms with Gasteiger partial charge in [-0.05, 0) is 108 Å². The maximum Gasteiger partial charge on any atom is 0.429 e. The van der Waals surface area contributed by atoms with E-state index in [1.807, 2.05) is 121 Å². The molecular formula is C63H74N4O13Si. The van der Waals surface area contributed by atoms with Gasteiger partial charge >= 0.3 is 36.1 Å². The molecule has 0 radical (unpaired) electrons. The number of amides is 4. The van der Waals surface area contributed by atoms with Gasteiger partial charge in [-0.15, -0.1) is 0 Å². The zero-order valence-electron chi connectivity index (χ0n) is 47.2. The molecule has 6 aromatic rings. The third-order valence-corrected chi connectivity index (χ3v) is 13.9. The summed E-state index contributed by atoms with van der Waals surface area (Å²) in [6.07, 6.45) is -2.59. The minimum absolute atomic E-state index is 0.0139. The number of carbonyl (C=O) groups excluding carboxylic acids is 6. The summed E-state index contributed by atoms with van der Waals surface area (Å²) in [5.74, 6) is -1.59. The molecule has 4 amide bonds. The van der Waals surface area contributed by atoms with Crippen molar-refractivity contribution in [2.45, 2.75) is 130 Å². The van der Waals surface area contributed by atoms with Crippen LogP contribution in [0.4, 0.5) is 14.4 Å². The molecule has 428 valence electrons. The Morgan fingerprint density at radius 1 is 0.556 bits per heavy atom.